The number of rotatable bonds is 2. The molecular weight excluding hydrogens is 154 g/mol. The van der Waals surface area contributed by atoms with Crippen molar-refractivity contribution in [1.29, 1.82) is 0 Å². The van der Waals surface area contributed by atoms with Crippen molar-refractivity contribution in [3.8, 4) is 0 Å². The topological polar surface area (TPSA) is 63.9 Å². The van der Waals surface area contributed by atoms with Gasteiger partial charge in [0.25, 0.3) is 0 Å². The number of aromatic amines is 1. The van der Waals surface area contributed by atoms with Gasteiger partial charge in [-0.3, -0.25) is 0 Å². The van der Waals surface area contributed by atoms with Crippen molar-refractivity contribution in [2.75, 3.05) is 6.54 Å². The van der Waals surface area contributed by atoms with E-state index in [1.54, 1.807) is 0 Å². The third-order valence-corrected chi connectivity index (χ3v) is 2.10. The number of H-pyrrole nitrogens is 1. The molecule has 0 aliphatic carbocycles. The Morgan fingerprint density at radius 2 is 2.58 bits per heavy atom. The van der Waals surface area contributed by atoms with Crippen LogP contribution in [0.3, 0.4) is 0 Å². The van der Waals surface area contributed by atoms with Gasteiger partial charge in [-0.05, 0) is 13.5 Å². The molecule has 0 radical (unpaired) electrons. The van der Waals surface area contributed by atoms with Gasteiger partial charge >= 0.3 is 0 Å². The van der Waals surface area contributed by atoms with Crippen LogP contribution in [0.2, 0.25) is 0 Å². The van der Waals surface area contributed by atoms with Gasteiger partial charge < -0.3 is 15.5 Å². The molecule has 1 atom stereocenters. The van der Waals surface area contributed by atoms with Crippen LogP contribution in [0.25, 0.3) is 0 Å². The van der Waals surface area contributed by atoms with E-state index in [1.807, 2.05) is 6.92 Å². The van der Waals surface area contributed by atoms with E-state index < -0.39 is 0 Å². The molecule has 3 N–H and O–H groups in total. The average molecular weight is 167 g/mol. The normalized spacial score (nSPS) is 21.3. The number of ether oxygens (including phenoxy) is 1. The zero-order valence-electron chi connectivity index (χ0n) is 7.13. The number of nitrogens with zero attached hydrogens (tertiary/aromatic N) is 1. The Labute approximate surface area is 71.1 Å². The van der Waals surface area contributed by atoms with Gasteiger partial charge in [-0.15, -0.1) is 0 Å². The summed E-state index contributed by atoms with van der Waals surface area (Å²) in [5.74, 6) is 0.984. The molecule has 0 amide bonds. The second kappa shape index (κ2) is 2.88. The quantitative estimate of drug-likeness (QED) is 0.674. The maximum absolute atomic E-state index is 5.42. The molecule has 2 rings (SSSR count). The molecule has 0 bridgehead atoms. The zero-order valence-corrected chi connectivity index (χ0v) is 7.13. The largest absolute Gasteiger partial charge is 0.366 e. The second-order valence-corrected chi connectivity index (χ2v) is 3.04. The fourth-order valence-electron chi connectivity index (χ4n) is 1.47. The molecule has 4 nitrogen and oxygen atoms in total. The van der Waals surface area contributed by atoms with Crippen molar-refractivity contribution in [2.24, 2.45) is 5.73 Å². The number of nitrogens with one attached hydrogen (secondary N) is 1. The highest BCUT2D eigenvalue weighted by Crippen LogP contribution is 2.27. The van der Waals surface area contributed by atoms with E-state index in [0.29, 0.717) is 13.2 Å². The molecule has 0 saturated heterocycles. The van der Waals surface area contributed by atoms with Crippen LogP contribution in [0.15, 0.2) is 0 Å². The molecule has 0 aromatic carbocycles. The number of hydrogen-bond acceptors (Lipinski definition) is 3. The molecule has 4 heteroatoms. The first-order valence-electron chi connectivity index (χ1n) is 4.20. The highest BCUT2D eigenvalue weighted by atomic mass is 16.5. The first kappa shape index (κ1) is 7.76. The minimum Gasteiger partial charge on any atom is -0.366 e. The first-order valence-corrected chi connectivity index (χ1v) is 4.20. The van der Waals surface area contributed by atoms with Crippen LogP contribution in [0, 0.1) is 0 Å². The van der Waals surface area contributed by atoms with E-state index in [2.05, 4.69) is 9.97 Å². The Kier molecular flexibility index (Phi) is 1.86. The van der Waals surface area contributed by atoms with Crippen molar-refractivity contribution in [1.82, 2.24) is 9.97 Å². The molecule has 1 unspecified atom stereocenters. The summed E-state index contributed by atoms with van der Waals surface area (Å²) in [5.41, 5.74) is 7.59. The molecule has 1 aliphatic heterocycles. The fourth-order valence-corrected chi connectivity index (χ4v) is 1.47. The number of fused-ring (bicyclic) bond motifs is 1. The Hall–Kier alpha value is -0.870. The Morgan fingerprint density at radius 1 is 1.75 bits per heavy atom. The van der Waals surface area contributed by atoms with Gasteiger partial charge in [-0.25, -0.2) is 4.98 Å². The van der Waals surface area contributed by atoms with Crippen LogP contribution in [0.4, 0.5) is 0 Å². The van der Waals surface area contributed by atoms with Crippen molar-refractivity contribution >= 4 is 0 Å². The predicted molar refractivity (Wildman–Crippen MR) is 44.6 cm³/mol. The third kappa shape index (κ3) is 1.13. The molecule has 0 fully saturated rings. The van der Waals surface area contributed by atoms with E-state index in [0.717, 1.165) is 23.6 Å². The number of imidazole rings is 1. The summed E-state index contributed by atoms with van der Waals surface area (Å²) in [7, 11) is 0. The Balaban J connectivity index is 2.24. The minimum atomic E-state index is 0.141. The van der Waals surface area contributed by atoms with Crippen molar-refractivity contribution < 1.29 is 4.74 Å². The van der Waals surface area contributed by atoms with Crippen LogP contribution in [-0.4, -0.2) is 16.5 Å². The summed E-state index contributed by atoms with van der Waals surface area (Å²) in [6.07, 6.45) is 0.961. The summed E-state index contributed by atoms with van der Waals surface area (Å²) in [6, 6.07) is 0. The van der Waals surface area contributed by atoms with Gasteiger partial charge in [-0.2, -0.15) is 0 Å². The summed E-state index contributed by atoms with van der Waals surface area (Å²) < 4.78 is 5.37. The minimum absolute atomic E-state index is 0.141. The summed E-state index contributed by atoms with van der Waals surface area (Å²) in [4.78, 5) is 7.61. The van der Waals surface area contributed by atoms with Crippen molar-refractivity contribution in [3.05, 3.63) is 17.2 Å². The van der Waals surface area contributed by atoms with Gasteiger partial charge in [0.15, 0.2) is 0 Å². The third-order valence-electron chi connectivity index (χ3n) is 2.10. The highest BCUT2D eigenvalue weighted by molar-refractivity contribution is 5.19. The average Bonchev–Trinajstić information content (AvgIpc) is 2.55. The van der Waals surface area contributed by atoms with E-state index >= 15 is 0 Å². The van der Waals surface area contributed by atoms with Crippen LogP contribution in [-0.2, 0) is 17.8 Å². The molecule has 0 spiro atoms. The highest BCUT2D eigenvalue weighted by Gasteiger charge is 2.23. The summed E-state index contributed by atoms with van der Waals surface area (Å²) in [5, 5.41) is 0. The molecule has 2 heterocycles. The Morgan fingerprint density at radius 3 is 3.25 bits per heavy atom. The van der Waals surface area contributed by atoms with E-state index in [9.17, 15) is 0 Å². The predicted octanol–water partition coefficient (Wildman–Crippen LogP) is 0.502. The molecule has 0 saturated carbocycles. The number of nitrogens with two attached hydrogens (primary N) is 1. The zero-order chi connectivity index (χ0) is 8.55. The standard InChI is InChI=1S/C8H13N3O/c1-5-8-6(4-12-5)10-7(11-8)2-3-9/h5H,2-4,9H2,1H3,(H,10,11). The smallest absolute Gasteiger partial charge is 0.108 e. The molecule has 1 aromatic heterocycles. The lowest BCUT2D eigenvalue weighted by Gasteiger charge is -1.99. The number of aromatic nitrogens is 2. The van der Waals surface area contributed by atoms with Crippen molar-refractivity contribution in [3.63, 3.8) is 0 Å². The summed E-state index contributed by atoms with van der Waals surface area (Å²) >= 11 is 0. The molecule has 12 heavy (non-hydrogen) atoms. The van der Waals surface area contributed by atoms with E-state index in [1.165, 1.54) is 0 Å². The van der Waals surface area contributed by atoms with Gasteiger partial charge in [0.1, 0.15) is 5.82 Å². The lowest BCUT2D eigenvalue weighted by atomic mass is 10.3. The van der Waals surface area contributed by atoms with Gasteiger partial charge in [0.05, 0.1) is 24.1 Å². The Bertz CT molecular complexity index is 282. The van der Waals surface area contributed by atoms with Gasteiger partial charge in [0.2, 0.25) is 0 Å². The SMILES string of the molecule is CC1OCc2[nH]c(CCN)nc21. The van der Waals surface area contributed by atoms with E-state index in [-0.39, 0.29) is 6.10 Å². The number of hydrogen-bond donors (Lipinski definition) is 2. The lowest BCUT2D eigenvalue weighted by molar-refractivity contribution is 0.0758. The molecule has 66 valence electrons. The monoisotopic (exact) mass is 167 g/mol. The summed E-state index contributed by atoms with van der Waals surface area (Å²) in [6.45, 7) is 3.31. The second-order valence-electron chi connectivity index (χ2n) is 3.04. The van der Waals surface area contributed by atoms with Gasteiger partial charge in [0, 0.05) is 6.42 Å². The molecule has 1 aliphatic rings. The van der Waals surface area contributed by atoms with E-state index in [4.69, 9.17) is 10.5 Å². The van der Waals surface area contributed by atoms with Crippen molar-refractivity contribution in [2.45, 2.75) is 26.1 Å². The van der Waals surface area contributed by atoms with Crippen LogP contribution in [0.5, 0.6) is 0 Å². The maximum Gasteiger partial charge on any atom is 0.108 e. The molecular formula is C8H13N3O. The van der Waals surface area contributed by atoms with Gasteiger partial charge in [-0.1, -0.05) is 0 Å². The molecule has 1 aromatic rings. The van der Waals surface area contributed by atoms with Crippen LogP contribution >= 0.6 is 0 Å². The lowest BCUT2D eigenvalue weighted by Crippen LogP contribution is -2.04. The van der Waals surface area contributed by atoms with Crippen LogP contribution < -0.4 is 5.73 Å². The maximum atomic E-state index is 5.42. The fraction of sp³-hybridized carbons (Fsp3) is 0.625. The first-order chi connectivity index (χ1) is 5.81. The van der Waals surface area contributed by atoms with Crippen LogP contribution in [0.1, 0.15) is 30.2 Å².